The van der Waals surface area contributed by atoms with E-state index in [0.29, 0.717) is 17.0 Å². The summed E-state index contributed by atoms with van der Waals surface area (Å²) in [5, 5.41) is 2.86. The molecule has 0 fully saturated rings. The first-order valence-corrected chi connectivity index (χ1v) is 11.2. The molecule has 3 rings (SSSR count). The number of benzene rings is 3. The van der Waals surface area contributed by atoms with Crippen molar-refractivity contribution in [3.05, 3.63) is 90.0 Å². The molecule has 1 unspecified atom stereocenters. The van der Waals surface area contributed by atoms with Gasteiger partial charge in [0.15, 0.2) is 9.84 Å². The van der Waals surface area contributed by atoms with Crippen molar-refractivity contribution in [1.82, 2.24) is 0 Å². The van der Waals surface area contributed by atoms with Gasteiger partial charge >= 0.3 is 0 Å². The summed E-state index contributed by atoms with van der Waals surface area (Å²) in [7, 11) is -2.14. The minimum absolute atomic E-state index is 0.195. The van der Waals surface area contributed by atoms with Crippen molar-refractivity contribution in [2.24, 2.45) is 0 Å². The molecule has 5 nitrogen and oxygen atoms in total. The van der Waals surface area contributed by atoms with Crippen LogP contribution in [0.4, 0.5) is 5.69 Å². The Labute approximate surface area is 177 Å². The van der Waals surface area contributed by atoms with E-state index in [4.69, 9.17) is 4.74 Å². The van der Waals surface area contributed by atoms with Gasteiger partial charge < -0.3 is 10.1 Å². The lowest BCUT2D eigenvalue weighted by atomic mass is 9.83. The second-order valence-electron chi connectivity index (χ2n) is 7.45. The van der Waals surface area contributed by atoms with E-state index in [0.717, 1.165) is 5.56 Å². The van der Waals surface area contributed by atoms with E-state index >= 15 is 0 Å². The summed E-state index contributed by atoms with van der Waals surface area (Å²) in [5.41, 5.74) is 0.944. The van der Waals surface area contributed by atoms with Crippen LogP contribution >= 0.6 is 0 Å². The van der Waals surface area contributed by atoms with E-state index in [9.17, 15) is 13.2 Å². The molecule has 30 heavy (non-hydrogen) atoms. The summed E-state index contributed by atoms with van der Waals surface area (Å²) in [6, 6.07) is 22.5. The number of rotatable bonds is 7. The van der Waals surface area contributed by atoms with Crippen molar-refractivity contribution in [3.8, 4) is 5.75 Å². The third kappa shape index (κ3) is 4.71. The number of ether oxygens (including phenoxy) is 1. The Kier molecular flexibility index (Phi) is 6.27. The number of nitrogens with one attached hydrogen (secondary N) is 1. The van der Waals surface area contributed by atoms with Gasteiger partial charge in [0.25, 0.3) is 0 Å². The lowest BCUT2D eigenvalue weighted by molar-refractivity contribution is -0.120. The molecule has 0 aliphatic heterocycles. The van der Waals surface area contributed by atoms with Crippen LogP contribution in [0, 0.1) is 6.92 Å². The highest BCUT2D eigenvalue weighted by Gasteiger charge is 2.40. The Bertz CT molecular complexity index is 1110. The van der Waals surface area contributed by atoms with Crippen LogP contribution in [-0.4, -0.2) is 27.2 Å². The fraction of sp³-hybridized carbons (Fsp3) is 0.208. The van der Waals surface area contributed by atoms with Gasteiger partial charge in [-0.25, -0.2) is 8.42 Å². The minimum atomic E-state index is -3.71. The van der Waals surface area contributed by atoms with E-state index < -0.39 is 21.2 Å². The monoisotopic (exact) mass is 423 g/mol. The van der Waals surface area contributed by atoms with Gasteiger partial charge in [0.05, 0.1) is 23.2 Å². The number of sulfone groups is 1. The quantitative estimate of drug-likeness (QED) is 0.612. The van der Waals surface area contributed by atoms with Crippen molar-refractivity contribution in [2.75, 3.05) is 18.2 Å². The van der Waals surface area contributed by atoms with Crippen molar-refractivity contribution in [3.63, 3.8) is 0 Å². The second-order valence-corrected chi connectivity index (χ2v) is 9.44. The molecule has 1 amide bonds. The number of carbonyl (C=O) groups is 1. The van der Waals surface area contributed by atoms with Gasteiger partial charge in [-0.15, -0.1) is 0 Å². The first kappa shape index (κ1) is 21.6. The zero-order valence-corrected chi connectivity index (χ0v) is 18.1. The Hall–Kier alpha value is -3.12. The van der Waals surface area contributed by atoms with Crippen LogP contribution < -0.4 is 10.1 Å². The third-order valence-corrected chi connectivity index (χ3v) is 7.07. The van der Waals surface area contributed by atoms with Crippen LogP contribution in [0.15, 0.2) is 83.8 Å². The van der Waals surface area contributed by atoms with Crippen molar-refractivity contribution < 1.29 is 17.9 Å². The maximum atomic E-state index is 13.4. The van der Waals surface area contributed by atoms with Crippen LogP contribution in [0.3, 0.4) is 0 Å². The molecule has 3 aromatic rings. The van der Waals surface area contributed by atoms with Crippen molar-refractivity contribution in [2.45, 2.75) is 24.2 Å². The summed E-state index contributed by atoms with van der Waals surface area (Å²) >= 11 is 0. The molecule has 0 aliphatic carbocycles. The van der Waals surface area contributed by atoms with E-state index in [2.05, 4.69) is 5.32 Å². The summed E-state index contributed by atoms with van der Waals surface area (Å²) in [6.07, 6.45) is 0. The zero-order chi connectivity index (χ0) is 21.8. The van der Waals surface area contributed by atoms with Gasteiger partial charge in [0, 0.05) is 5.69 Å². The van der Waals surface area contributed by atoms with E-state index in [1.807, 2.05) is 31.2 Å². The van der Waals surface area contributed by atoms with Gasteiger partial charge in [-0.1, -0.05) is 48.0 Å². The molecule has 1 atom stereocenters. The highest BCUT2D eigenvalue weighted by molar-refractivity contribution is 7.91. The lowest BCUT2D eigenvalue weighted by Gasteiger charge is -2.29. The van der Waals surface area contributed by atoms with Gasteiger partial charge in [0.2, 0.25) is 5.91 Å². The van der Waals surface area contributed by atoms with Gasteiger partial charge in [-0.2, -0.15) is 0 Å². The Morgan fingerprint density at radius 2 is 1.53 bits per heavy atom. The number of amides is 1. The van der Waals surface area contributed by atoms with Gasteiger partial charge in [-0.05, 0) is 55.8 Å². The summed E-state index contributed by atoms with van der Waals surface area (Å²) < 4.78 is 31.4. The second kappa shape index (κ2) is 8.71. The summed E-state index contributed by atoms with van der Waals surface area (Å²) in [5.74, 6) is -0.0771. The van der Waals surface area contributed by atoms with Gasteiger partial charge in [0.1, 0.15) is 5.75 Å². The number of aryl methyl sites for hydroxylation is 1. The number of methoxy groups -OCH3 is 1. The molecule has 0 spiro atoms. The predicted molar refractivity (Wildman–Crippen MR) is 119 cm³/mol. The Morgan fingerprint density at radius 1 is 0.933 bits per heavy atom. The van der Waals surface area contributed by atoms with Crippen LogP contribution in [0.25, 0.3) is 0 Å². The molecule has 6 heteroatoms. The zero-order valence-electron chi connectivity index (χ0n) is 17.3. The highest BCUT2D eigenvalue weighted by Crippen LogP contribution is 2.31. The molecule has 3 aromatic carbocycles. The maximum Gasteiger partial charge on any atom is 0.235 e. The number of anilines is 1. The molecule has 0 aliphatic rings. The predicted octanol–water partition coefficient (Wildman–Crippen LogP) is 4.37. The lowest BCUT2D eigenvalue weighted by Crippen LogP contribution is -2.43. The number of carbonyl (C=O) groups excluding carboxylic acids is 1. The Balaban J connectivity index is 1.98. The topological polar surface area (TPSA) is 72.5 Å². The molecular formula is C24H25NO4S. The fourth-order valence-corrected chi connectivity index (χ4v) is 5.03. The van der Waals surface area contributed by atoms with Crippen LogP contribution in [0.5, 0.6) is 5.75 Å². The molecule has 0 radical (unpaired) electrons. The molecule has 0 bridgehead atoms. The third-order valence-electron chi connectivity index (χ3n) is 5.12. The SMILES string of the molecule is COc1ccc(NC(=O)C(C)(CS(=O)(=O)c2ccccc2)c2ccc(C)cc2)cc1. The average molecular weight is 424 g/mol. The van der Waals surface area contributed by atoms with E-state index in [1.165, 1.54) is 0 Å². The first-order chi connectivity index (χ1) is 14.2. The molecule has 0 heterocycles. The maximum absolute atomic E-state index is 13.4. The summed E-state index contributed by atoms with van der Waals surface area (Å²) in [6.45, 7) is 3.61. The van der Waals surface area contributed by atoms with E-state index in [-0.39, 0.29) is 10.6 Å². The average Bonchev–Trinajstić information content (AvgIpc) is 2.75. The Morgan fingerprint density at radius 3 is 2.10 bits per heavy atom. The first-order valence-electron chi connectivity index (χ1n) is 9.55. The molecular weight excluding hydrogens is 398 g/mol. The van der Waals surface area contributed by atoms with E-state index in [1.54, 1.807) is 68.6 Å². The number of hydrogen-bond donors (Lipinski definition) is 1. The molecule has 0 aromatic heterocycles. The van der Waals surface area contributed by atoms with Crippen LogP contribution in [0.1, 0.15) is 18.1 Å². The van der Waals surface area contributed by atoms with Crippen molar-refractivity contribution >= 4 is 21.4 Å². The molecule has 1 N–H and O–H groups in total. The standard InChI is InChI=1S/C24H25NO4S/c1-18-9-11-19(12-10-18)24(2,17-30(27,28)22-7-5-4-6-8-22)23(26)25-20-13-15-21(29-3)16-14-20/h4-16H,17H2,1-3H3,(H,25,26). The molecule has 0 saturated heterocycles. The summed E-state index contributed by atoms with van der Waals surface area (Å²) in [4.78, 5) is 13.6. The van der Waals surface area contributed by atoms with Crippen LogP contribution in [0.2, 0.25) is 0 Å². The largest absolute Gasteiger partial charge is 0.497 e. The fourth-order valence-electron chi connectivity index (χ4n) is 3.24. The smallest absolute Gasteiger partial charge is 0.235 e. The number of hydrogen-bond acceptors (Lipinski definition) is 4. The normalized spacial score (nSPS) is 13.3. The minimum Gasteiger partial charge on any atom is -0.497 e. The van der Waals surface area contributed by atoms with Crippen LogP contribution in [-0.2, 0) is 20.0 Å². The van der Waals surface area contributed by atoms with Crippen molar-refractivity contribution in [1.29, 1.82) is 0 Å². The molecule has 0 saturated carbocycles. The highest BCUT2D eigenvalue weighted by atomic mass is 32.2. The molecule has 156 valence electrons. The van der Waals surface area contributed by atoms with Gasteiger partial charge in [-0.3, -0.25) is 4.79 Å².